The number of carbonyl (C=O) groups excluding carboxylic acids is 1. The fourth-order valence-electron chi connectivity index (χ4n) is 2.93. The summed E-state index contributed by atoms with van der Waals surface area (Å²) in [4.78, 5) is 21.9. The number of ketones is 1. The summed E-state index contributed by atoms with van der Waals surface area (Å²) >= 11 is 7.58. The van der Waals surface area contributed by atoms with Gasteiger partial charge in [-0.05, 0) is 42.3 Å². The smallest absolute Gasteiger partial charge is 0.187 e. The number of carbonyl (C=O) groups is 1. The van der Waals surface area contributed by atoms with Gasteiger partial charge in [-0.15, -0.1) is 0 Å². The third-order valence-electron chi connectivity index (χ3n) is 4.45. The molecule has 4 aromatic rings. The molecule has 1 N–H and O–H groups in total. The van der Waals surface area contributed by atoms with E-state index in [0.29, 0.717) is 15.0 Å². The molecule has 0 aliphatic heterocycles. The third-order valence-corrected chi connectivity index (χ3v) is 5.76. The zero-order valence-corrected chi connectivity index (χ0v) is 16.4. The van der Waals surface area contributed by atoms with Crippen molar-refractivity contribution in [2.24, 2.45) is 7.05 Å². The van der Waals surface area contributed by atoms with E-state index in [4.69, 9.17) is 11.6 Å². The van der Waals surface area contributed by atoms with Crippen molar-refractivity contribution in [3.05, 3.63) is 69.9 Å². The highest BCUT2D eigenvalue weighted by Crippen LogP contribution is 2.27. The number of aromatic nitrogens is 3. The first-order chi connectivity index (χ1) is 13.0. The maximum absolute atomic E-state index is 12.6. The standard InChI is InChI=1S/C20H17ClN4OS/c1-12-4-3-5-15(21)14(12)9-18(26)19-10-22-20(27-19)24-13-6-7-16-17(8-13)25(2)11-23-16/h3-8,10-11H,9H2,1-2H3,(H,22,24). The molecule has 0 radical (unpaired) electrons. The van der Waals surface area contributed by atoms with Crippen LogP contribution >= 0.6 is 22.9 Å². The fourth-order valence-corrected chi connectivity index (χ4v) is 3.99. The van der Waals surface area contributed by atoms with Gasteiger partial charge in [0.1, 0.15) is 0 Å². The van der Waals surface area contributed by atoms with Gasteiger partial charge in [0.05, 0.1) is 28.4 Å². The number of hydrogen-bond donors (Lipinski definition) is 1. The fraction of sp³-hybridized carbons (Fsp3) is 0.150. The number of Topliss-reactive ketones (excluding diaryl/α,β-unsaturated/α-hetero) is 1. The zero-order chi connectivity index (χ0) is 19.0. The number of benzene rings is 2. The van der Waals surface area contributed by atoms with Gasteiger partial charge in [-0.2, -0.15) is 0 Å². The summed E-state index contributed by atoms with van der Waals surface area (Å²) in [5.41, 5.74) is 4.76. The Balaban J connectivity index is 1.52. The van der Waals surface area contributed by atoms with E-state index in [-0.39, 0.29) is 12.2 Å². The van der Waals surface area contributed by atoms with Gasteiger partial charge in [0.2, 0.25) is 0 Å². The highest BCUT2D eigenvalue weighted by molar-refractivity contribution is 7.17. The molecule has 0 fully saturated rings. The highest BCUT2D eigenvalue weighted by Gasteiger charge is 2.15. The first-order valence-corrected chi connectivity index (χ1v) is 9.62. The quantitative estimate of drug-likeness (QED) is 0.473. The van der Waals surface area contributed by atoms with Crippen molar-refractivity contribution in [2.45, 2.75) is 13.3 Å². The molecule has 136 valence electrons. The van der Waals surface area contributed by atoms with Crippen molar-refractivity contribution < 1.29 is 4.79 Å². The molecule has 0 unspecified atom stereocenters. The summed E-state index contributed by atoms with van der Waals surface area (Å²) in [6.45, 7) is 1.96. The molecule has 5 nitrogen and oxygen atoms in total. The summed E-state index contributed by atoms with van der Waals surface area (Å²) in [5.74, 6) is 0.0128. The number of halogens is 1. The Morgan fingerprint density at radius 1 is 1.26 bits per heavy atom. The number of aryl methyl sites for hydroxylation is 2. The van der Waals surface area contributed by atoms with Crippen LogP contribution in [0.5, 0.6) is 0 Å². The number of anilines is 2. The van der Waals surface area contributed by atoms with Crippen molar-refractivity contribution in [1.29, 1.82) is 0 Å². The van der Waals surface area contributed by atoms with Crippen LogP contribution in [0.25, 0.3) is 11.0 Å². The molecule has 0 atom stereocenters. The minimum atomic E-state index is 0.0128. The van der Waals surface area contributed by atoms with Crippen LogP contribution in [0.15, 0.2) is 48.9 Å². The monoisotopic (exact) mass is 396 g/mol. The molecule has 0 amide bonds. The Hall–Kier alpha value is -2.70. The average Bonchev–Trinajstić information content (AvgIpc) is 3.26. The van der Waals surface area contributed by atoms with Crippen LogP contribution < -0.4 is 5.32 Å². The van der Waals surface area contributed by atoms with Crippen LogP contribution in [0.4, 0.5) is 10.8 Å². The molecular formula is C20H17ClN4OS. The van der Waals surface area contributed by atoms with Gasteiger partial charge in [0.25, 0.3) is 0 Å². The second kappa shape index (κ2) is 7.13. The predicted octanol–water partition coefficient (Wildman–Crippen LogP) is 5.16. The van der Waals surface area contributed by atoms with E-state index >= 15 is 0 Å². The van der Waals surface area contributed by atoms with Crippen LogP contribution in [-0.2, 0) is 13.5 Å². The molecule has 0 saturated carbocycles. The lowest BCUT2D eigenvalue weighted by molar-refractivity contribution is 0.0996. The average molecular weight is 397 g/mol. The molecule has 0 saturated heterocycles. The lowest BCUT2D eigenvalue weighted by Gasteiger charge is -2.06. The van der Waals surface area contributed by atoms with Crippen molar-refractivity contribution in [2.75, 3.05) is 5.32 Å². The zero-order valence-electron chi connectivity index (χ0n) is 14.9. The van der Waals surface area contributed by atoms with E-state index in [9.17, 15) is 4.79 Å². The Morgan fingerprint density at radius 2 is 2.11 bits per heavy atom. The van der Waals surface area contributed by atoms with Crippen LogP contribution in [0.1, 0.15) is 20.8 Å². The molecule has 2 aromatic carbocycles. The molecule has 0 spiro atoms. The molecule has 0 aliphatic rings. The highest BCUT2D eigenvalue weighted by atomic mass is 35.5. The summed E-state index contributed by atoms with van der Waals surface area (Å²) in [7, 11) is 1.95. The Labute approximate surface area is 165 Å². The van der Waals surface area contributed by atoms with Gasteiger partial charge in [0.15, 0.2) is 10.9 Å². The summed E-state index contributed by atoms with van der Waals surface area (Å²) in [6.07, 6.45) is 3.67. The number of nitrogens with zero attached hydrogens (tertiary/aromatic N) is 3. The van der Waals surface area contributed by atoms with Gasteiger partial charge < -0.3 is 9.88 Å². The summed E-state index contributed by atoms with van der Waals surface area (Å²) < 4.78 is 1.96. The minimum Gasteiger partial charge on any atom is -0.334 e. The van der Waals surface area contributed by atoms with Crippen molar-refractivity contribution in [1.82, 2.24) is 14.5 Å². The van der Waals surface area contributed by atoms with E-state index in [1.807, 2.05) is 54.9 Å². The third kappa shape index (κ3) is 3.59. The maximum Gasteiger partial charge on any atom is 0.187 e. The molecule has 2 aromatic heterocycles. The first-order valence-electron chi connectivity index (χ1n) is 8.42. The van der Waals surface area contributed by atoms with E-state index in [2.05, 4.69) is 15.3 Å². The number of hydrogen-bond acceptors (Lipinski definition) is 5. The van der Waals surface area contributed by atoms with E-state index in [1.165, 1.54) is 11.3 Å². The Morgan fingerprint density at radius 3 is 2.93 bits per heavy atom. The number of rotatable bonds is 5. The van der Waals surface area contributed by atoms with Gasteiger partial charge >= 0.3 is 0 Å². The predicted molar refractivity (Wildman–Crippen MR) is 110 cm³/mol. The minimum absolute atomic E-state index is 0.0128. The molecule has 0 aliphatic carbocycles. The van der Waals surface area contributed by atoms with Crippen molar-refractivity contribution in [3.8, 4) is 0 Å². The molecule has 27 heavy (non-hydrogen) atoms. The topological polar surface area (TPSA) is 59.8 Å². The normalized spacial score (nSPS) is 11.1. The van der Waals surface area contributed by atoms with E-state index in [0.717, 1.165) is 27.8 Å². The summed E-state index contributed by atoms with van der Waals surface area (Å²) in [6, 6.07) is 11.6. The van der Waals surface area contributed by atoms with Crippen LogP contribution in [0, 0.1) is 6.92 Å². The second-order valence-electron chi connectivity index (χ2n) is 6.35. The van der Waals surface area contributed by atoms with Gasteiger partial charge in [0, 0.05) is 24.2 Å². The van der Waals surface area contributed by atoms with Crippen molar-refractivity contribution >= 4 is 50.6 Å². The molecule has 4 rings (SSSR count). The Kier molecular flexibility index (Phi) is 4.68. The maximum atomic E-state index is 12.6. The second-order valence-corrected chi connectivity index (χ2v) is 7.79. The number of nitrogens with one attached hydrogen (secondary N) is 1. The molecule has 7 heteroatoms. The first kappa shape index (κ1) is 17.7. The molecule has 0 bridgehead atoms. The van der Waals surface area contributed by atoms with E-state index < -0.39 is 0 Å². The van der Waals surface area contributed by atoms with Gasteiger partial charge in [-0.1, -0.05) is 35.1 Å². The largest absolute Gasteiger partial charge is 0.334 e. The lowest BCUT2D eigenvalue weighted by Crippen LogP contribution is -2.03. The lowest BCUT2D eigenvalue weighted by atomic mass is 10.0. The van der Waals surface area contributed by atoms with Gasteiger partial charge in [-0.25, -0.2) is 9.97 Å². The number of thiazole rings is 1. The molecular weight excluding hydrogens is 380 g/mol. The van der Waals surface area contributed by atoms with Crippen LogP contribution in [0.3, 0.4) is 0 Å². The van der Waals surface area contributed by atoms with Gasteiger partial charge in [-0.3, -0.25) is 4.79 Å². The van der Waals surface area contributed by atoms with E-state index in [1.54, 1.807) is 12.5 Å². The van der Waals surface area contributed by atoms with Crippen LogP contribution in [-0.4, -0.2) is 20.3 Å². The summed E-state index contributed by atoms with van der Waals surface area (Å²) in [5, 5.41) is 4.56. The SMILES string of the molecule is Cc1cccc(Cl)c1CC(=O)c1cnc(Nc2ccc3ncn(C)c3c2)s1. The Bertz CT molecular complexity index is 1130. The van der Waals surface area contributed by atoms with Crippen molar-refractivity contribution in [3.63, 3.8) is 0 Å². The number of fused-ring (bicyclic) bond motifs is 1. The number of imidazole rings is 1. The van der Waals surface area contributed by atoms with Crippen LogP contribution in [0.2, 0.25) is 5.02 Å². The molecule has 2 heterocycles.